The summed E-state index contributed by atoms with van der Waals surface area (Å²) in [6, 6.07) is 3.04. The summed E-state index contributed by atoms with van der Waals surface area (Å²) in [5.74, 6) is 0.152. The minimum absolute atomic E-state index is 0.0468. The van der Waals surface area contributed by atoms with Crippen LogP contribution in [0.15, 0.2) is 18.2 Å². The molecule has 0 fully saturated rings. The summed E-state index contributed by atoms with van der Waals surface area (Å²) in [5.41, 5.74) is 3.85. The van der Waals surface area contributed by atoms with E-state index >= 15 is 0 Å². The fourth-order valence-electron chi connectivity index (χ4n) is 1.54. The molecule has 3 nitrogen and oxygen atoms in total. The second-order valence-corrected chi connectivity index (χ2v) is 5.04. The maximum absolute atomic E-state index is 12.7. The molecule has 1 amide bonds. The van der Waals surface area contributed by atoms with E-state index in [9.17, 15) is 18.0 Å². The highest BCUT2D eigenvalue weighted by Gasteiger charge is 2.33. The van der Waals surface area contributed by atoms with Crippen LogP contribution in [0.4, 0.5) is 18.9 Å². The van der Waals surface area contributed by atoms with Gasteiger partial charge in [-0.3, -0.25) is 4.79 Å². The molecule has 19 heavy (non-hydrogen) atoms. The van der Waals surface area contributed by atoms with Crippen molar-refractivity contribution in [2.75, 3.05) is 17.7 Å². The molecule has 1 unspecified atom stereocenters. The van der Waals surface area contributed by atoms with E-state index < -0.39 is 17.6 Å². The second-order valence-electron chi connectivity index (χ2n) is 4.13. The van der Waals surface area contributed by atoms with Gasteiger partial charge in [-0.05, 0) is 31.4 Å². The van der Waals surface area contributed by atoms with E-state index in [4.69, 9.17) is 5.73 Å². The summed E-state index contributed by atoms with van der Waals surface area (Å²) in [4.78, 5) is 11.8. The smallest absolute Gasteiger partial charge is 0.398 e. The Kier molecular flexibility index (Phi) is 5.11. The molecular formula is C12H15F3N2OS. The van der Waals surface area contributed by atoms with Gasteiger partial charge in [-0.25, -0.2) is 0 Å². The lowest BCUT2D eigenvalue weighted by Crippen LogP contribution is -2.34. The summed E-state index contributed by atoms with van der Waals surface area (Å²) in [7, 11) is 0. The minimum atomic E-state index is -4.56. The molecule has 0 aliphatic carbocycles. The molecule has 1 rings (SSSR count). The lowest BCUT2D eigenvalue weighted by molar-refractivity contribution is -0.136. The lowest BCUT2D eigenvalue weighted by Gasteiger charge is -2.14. The summed E-state index contributed by atoms with van der Waals surface area (Å²) in [6.45, 7) is 1.79. The summed E-state index contributed by atoms with van der Waals surface area (Å²) in [5, 5.41) is 2.63. The highest BCUT2D eigenvalue weighted by atomic mass is 32.2. The monoisotopic (exact) mass is 292 g/mol. The van der Waals surface area contributed by atoms with Gasteiger partial charge in [-0.1, -0.05) is 0 Å². The van der Waals surface area contributed by atoms with E-state index in [0.29, 0.717) is 5.75 Å². The van der Waals surface area contributed by atoms with Crippen molar-refractivity contribution in [2.45, 2.75) is 19.1 Å². The van der Waals surface area contributed by atoms with Crippen molar-refractivity contribution in [3.8, 4) is 0 Å². The van der Waals surface area contributed by atoms with Crippen molar-refractivity contribution < 1.29 is 18.0 Å². The third-order valence-corrected chi connectivity index (χ3v) is 3.25. The Labute approximate surface area is 113 Å². The Morgan fingerprint density at radius 3 is 2.63 bits per heavy atom. The predicted octanol–water partition coefficient (Wildman–Crippen LogP) is 2.77. The van der Waals surface area contributed by atoms with Gasteiger partial charge in [-0.15, -0.1) is 0 Å². The van der Waals surface area contributed by atoms with Gasteiger partial charge in [-0.2, -0.15) is 24.9 Å². The van der Waals surface area contributed by atoms with Crippen molar-refractivity contribution >= 4 is 23.4 Å². The summed E-state index contributed by atoms with van der Waals surface area (Å²) >= 11 is 1.54. The van der Waals surface area contributed by atoms with Crippen LogP contribution in [0.1, 0.15) is 22.8 Å². The van der Waals surface area contributed by atoms with Crippen LogP contribution in [0.3, 0.4) is 0 Å². The van der Waals surface area contributed by atoms with Crippen LogP contribution in [0, 0.1) is 0 Å². The molecule has 0 aromatic heterocycles. The molecule has 0 heterocycles. The topological polar surface area (TPSA) is 55.1 Å². The molecule has 0 bridgehead atoms. The van der Waals surface area contributed by atoms with E-state index in [0.717, 1.165) is 12.1 Å². The highest BCUT2D eigenvalue weighted by Crippen LogP contribution is 2.33. The first-order valence-electron chi connectivity index (χ1n) is 5.52. The van der Waals surface area contributed by atoms with Gasteiger partial charge in [0.2, 0.25) is 0 Å². The molecule has 7 heteroatoms. The van der Waals surface area contributed by atoms with E-state index in [1.165, 1.54) is 6.07 Å². The van der Waals surface area contributed by atoms with Crippen molar-refractivity contribution in [3.05, 3.63) is 29.3 Å². The van der Waals surface area contributed by atoms with Crippen LogP contribution in [-0.2, 0) is 6.18 Å². The Morgan fingerprint density at radius 2 is 2.11 bits per heavy atom. The zero-order chi connectivity index (χ0) is 14.6. The van der Waals surface area contributed by atoms with Crippen LogP contribution in [0.25, 0.3) is 0 Å². The number of thioether (sulfide) groups is 1. The molecule has 0 aliphatic rings. The van der Waals surface area contributed by atoms with Crippen molar-refractivity contribution in [1.82, 2.24) is 5.32 Å². The molecule has 3 N–H and O–H groups in total. The fraction of sp³-hybridized carbons (Fsp3) is 0.417. The summed E-state index contributed by atoms with van der Waals surface area (Å²) < 4.78 is 38.0. The zero-order valence-electron chi connectivity index (χ0n) is 10.5. The van der Waals surface area contributed by atoms with Crippen LogP contribution >= 0.6 is 11.8 Å². The molecule has 0 radical (unpaired) electrons. The van der Waals surface area contributed by atoms with Crippen molar-refractivity contribution in [2.24, 2.45) is 0 Å². The number of hydrogen-bond donors (Lipinski definition) is 2. The molecule has 1 aromatic rings. The van der Waals surface area contributed by atoms with Gasteiger partial charge < -0.3 is 11.1 Å². The number of carbonyl (C=O) groups is 1. The number of nitrogens with one attached hydrogen (secondary N) is 1. The van der Waals surface area contributed by atoms with Crippen LogP contribution < -0.4 is 11.1 Å². The number of amides is 1. The minimum Gasteiger partial charge on any atom is -0.398 e. The fourth-order valence-corrected chi connectivity index (χ4v) is 2.13. The van der Waals surface area contributed by atoms with E-state index in [-0.39, 0.29) is 17.3 Å². The average Bonchev–Trinajstić information content (AvgIpc) is 2.27. The van der Waals surface area contributed by atoms with E-state index in [2.05, 4.69) is 5.32 Å². The number of halogens is 3. The first-order chi connectivity index (χ1) is 8.75. The Bertz CT molecular complexity index is 463. The van der Waals surface area contributed by atoms with Crippen LogP contribution in [0.2, 0.25) is 0 Å². The number of nitrogen functional groups attached to an aromatic ring is 1. The highest BCUT2D eigenvalue weighted by molar-refractivity contribution is 7.98. The first-order valence-corrected chi connectivity index (χ1v) is 6.91. The maximum atomic E-state index is 12.7. The standard InChI is InChI=1S/C12H15F3N2OS/c1-7(6-19-2)17-11(18)8-3-4-10(16)9(5-8)12(13,14)15/h3-5,7H,6,16H2,1-2H3,(H,17,18). The summed E-state index contributed by atoms with van der Waals surface area (Å²) in [6.07, 6.45) is -2.68. The third-order valence-electron chi connectivity index (χ3n) is 2.42. The van der Waals surface area contributed by atoms with Crippen LogP contribution in [-0.4, -0.2) is 24.0 Å². The number of anilines is 1. The molecule has 1 atom stereocenters. The molecular weight excluding hydrogens is 277 g/mol. The quantitative estimate of drug-likeness (QED) is 0.839. The SMILES string of the molecule is CSCC(C)NC(=O)c1ccc(N)c(C(F)(F)F)c1. The number of rotatable bonds is 4. The number of hydrogen-bond acceptors (Lipinski definition) is 3. The van der Waals surface area contributed by atoms with Crippen molar-refractivity contribution in [1.29, 1.82) is 0 Å². The largest absolute Gasteiger partial charge is 0.418 e. The van der Waals surface area contributed by atoms with Gasteiger partial charge in [0.05, 0.1) is 5.56 Å². The molecule has 0 saturated carbocycles. The molecule has 1 aromatic carbocycles. The average molecular weight is 292 g/mol. The van der Waals surface area contributed by atoms with Gasteiger partial charge in [0, 0.05) is 23.0 Å². The third kappa shape index (κ3) is 4.34. The maximum Gasteiger partial charge on any atom is 0.418 e. The number of carbonyl (C=O) groups excluding carboxylic acids is 1. The molecule has 0 aliphatic heterocycles. The predicted molar refractivity (Wildman–Crippen MR) is 71.2 cm³/mol. The van der Waals surface area contributed by atoms with Gasteiger partial charge in [0.1, 0.15) is 0 Å². The lowest BCUT2D eigenvalue weighted by atomic mass is 10.1. The second kappa shape index (κ2) is 6.18. The van der Waals surface area contributed by atoms with Crippen LogP contribution in [0.5, 0.6) is 0 Å². The Hall–Kier alpha value is -1.37. The molecule has 0 spiro atoms. The number of alkyl halides is 3. The zero-order valence-corrected chi connectivity index (χ0v) is 11.4. The number of nitrogens with two attached hydrogens (primary N) is 1. The normalized spacial score (nSPS) is 13.1. The first kappa shape index (κ1) is 15.7. The van der Waals surface area contributed by atoms with Gasteiger partial charge in [0.15, 0.2) is 0 Å². The van der Waals surface area contributed by atoms with Gasteiger partial charge >= 0.3 is 6.18 Å². The van der Waals surface area contributed by atoms with E-state index in [1.807, 2.05) is 6.26 Å². The molecule has 0 saturated heterocycles. The Morgan fingerprint density at radius 1 is 1.47 bits per heavy atom. The number of benzene rings is 1. The van der Waals surface area contributed by atoms with Crippen molar-refractivity contribution in [3.63, 3.8) is 0 Å². The molecule has 106 valence electrons. The van der Waals surface area contributed by atoms with Gasteiger partial charge in [0.25, 0.3) is 5.91 Å². The van der Waals surface area contributed by atoms with E-state index in [1.54, 1.807) is 18.7 Å². The Balaban J connectivity index is 2.93.